The minimum Gasteiger partial charge on any atom is -0.313 e. The number of hydrogen-bond acceptors (Lipinski definition) is 4. The van der Waals surface area contributed by atoms with Gasteiger partial charge in [0.15, 0.2) is 5.65 Å². The molecule has 1 atom stereocenters. The van der Waals surface area contributed by atoms with Crippen molar-refractivity contribution in [1.29, 1.82) is 0 Å². The first-order valence-corrected chi connectivity index (χ1v) is 7.69. The Bertz CT molecular complexity index is 504. The maximum atomic E-state index is 4.25. The maximum Gasteiger partial charge on any atom is 0.160 e. The van der Waals surface area contributed by atoms with Crippen LogP contribution in [-0.4, -0.2) is 38.7 Å². The Morgan fingerprint density at radius 1 is 1.39 bits per heavy atom. The van der Waals surface area contributed by atoms with E-state index in [0.29, 0.717) is 0 Å². The largest absolute Gasteiger partial charge is 0.313 e. The van der Waals surface area contributed by atoms with Crippen molar-refractivity contribution >= 4 is 17.4 Å². The van der Waals surface area contributed by atoms with E-state index in [1.807, 2.05) is 24.4 Å². The highest BCUT2D eigenvalue weighted by molar-refractivity contribution is 7.99. The predicted octanol–water partition coefficient (Wildman–Crippen LogP) is 1.76. The third-order valence-electron chi connectivity index (χ3n) is 3.32. The molecule has 2 aromatic heterocycles. The standard InChI is InChI=1S/C13H18N4S/c1-2-8-17-12(4-1)15-16-13(17)5-3-7-14-11-6-9-18-10-11/h1-2,4,8,11,14H,3,5-7,9-10H2/t11-/m0/s1. The fraction of sp³-hybridized carbons (Fsp3) is 0.538. The molecule has 0 aromatic carbocycles. The Morgan fingerprint density at radius 3 is 3.28 bits per heavy atom. The van der Waals surface area contributed by atoms with Crippen molar-refractivity contribution in [2.75, 3.05) is 18.1 Å². The Balaban J connectivity index is 1.50. The van der Waals surface area contributed by atoms with Crippen LogP contribution in [0.25, 0.3) is 5.65 Å². The van der Waals surface area contributed by atoms with Gasteiger partial charge in [0.05, 0.1) is 0 Å². The zero-order chi connectivity index (χ0) is 12.2. The van der Waals surface area contributed by atoms with Gasteiger partial charge in [-0.1, -0.05) is 6.07 Å². The molecule has 1 aliphatic rings. The minimum atomic E-state index is 0.727. The van der Waals surface area contributed by atoms with E-state index in [0.717, 1.165) is 36.9 Å². The van der Waals surface area contributed by atoms with Crippen molar-refractivity contribution in [1.82, 2.24) is 19.9 Å². The lowest BCUT2D eigenvalue weighted by molar-refractivity contribution is 0.541. The predicted molar refractivity (Wildman–Crippen MR) is 75.0 cm³/mol. The molecule has 0 spiro atoms. The summed E-state index contributed by atoms with van der Waals surface area (Å²) >= 11 is 2.05. The van der Waals surface area contributed by atoms with Gasteiger partial charge in [0.2, 0.25) is 0 Å². The van der Waals surface area contributed by atoms with Crippen LogP contribution in [0, 0.1) is 0 Å². The molecule has 3 heterocycles. The van der Waals surface area contributed by atoms with Gasteiger partial charge in [-0.3, -0.25) is 4.40 Å². The lowest BCUT2D eigenvalue weighted by atomic mass is 10.2. The van der Waals surface area contributed by atoms with E-state index in [9.17, 15) is 0 Å². The highest BCUT2D eigenvalue weighted by Gasteiger charge is 2.14. The SMILES string of the molecule is c1ccn2c(CCCN[C@H]3CCSC3)nnc2c1. The number of nitrogens with zero attached hydrogens (tertiary/aromatic N) is 3. The number of fused-ring (bicyclic) bond motifs is 1. The molecular formula is C13H18N4S. The van der Waals surface area contributed by atoms with Gasteiger partial charge >= 0.3 is 0 Å². The van der Waals surface area contributed by atoms with Crippen molar-refractivity contribution < 1.29 is 0 Å². The number of pyridine rings is 1. The molecule has 0 unspecified atom stereocenters. The van der Waals surface area contributed by atoms with Crippen LogP contribution in [0.3, 0.4) is 0 Å². The first-order valence-electron chi connectivity index (χ1n) is 6.53. The van der Waals surface area contributed by atoms with Crippen molar-refractivity contribution in [3.8, 4) is 0 Å². The molecular weight excluding hydrogens is 244 g/mol. The molecule has 4 nitrogen and oxygen atoms in total. The van der Waals surface area contributed by atoms with Crippen LogP contribution < -0.4 is 5.32 Å². The summed E-state index contributed by atoms with van der Waals surface area (Å²) in [6.45, 7) is 1.08. The molecule has 1 saturated heterocycles. The molecule has 1 fully saturated rings. The monoisotopic (exact) mass is 262 g/mol. The first kappa shape index (κ1) is 12.0. The molecule has 1 N–H and O–H groups in total. The van der Waals surface area contributed by atoms with Crippen LogP contribution >= 0.6 is 11.8 Å². The molecule has 0 radical (unpaired) electrons. The van der Waals surface area contributed by atoms with Crippen molar-refractivity contribution in [3.05, 3.63) is 30.2 Å². The zero-order valence-electron chi connectivity index (χ0n) is 10.4. The van der Waals surface area contributed by atoms with E-state index < -0.39 is 0 Å². The Hall–Kier alpha value is -1.07. The first-order chi connectivity index (χ1) is 8.93. The summed E-state index contributed by atoms with van der Waals surface area (Å²) in [6.07, 6.45) is 5.46. The summed E-state index contributed by atoms with van der Waals surface area (Å²) in [5.41, 5.74) is 0.938. The summed E-state index contributed by atoms with van der Waals surface area (Å²) in [5.74, 6) is 3.65. The number of thioether (sulfide) groups is 1. The summed E-state index contributed by atoms with van der Waals surface area (Å²) in [4.78, 5) is 0. The maximum absolute atomic E-state index is 4.25. The van der Waals surface area contributed by atoms with Crippen LogP contribution in [0.5, 0.6) is 0 Å². The molecule has 96 valence electrons. The number of aryl methyl sites for hydroxylation is 1. The summed E-state index contributed by atoms with van der Waals surface area (Å²) in [5, 5.41) is 12.0. The smallest absolute Gasteiger partial charge is 0.160 e. The van der Waals surface area contributed by atoms with E-state index in [1.54, 1.807) is 0 Å². The summed E-state index contributed by atoms with van der Waals surface area (Å²) < 4.78 is 2.07. The van der Waals surface area contributed by atoms with Gasteiger partial charge < -0.3 is 5.32 Å². The van der Waals surface area contributed by atoms with Crippen molar-refractivity contribution in [3.63, 3.8) is 0 Å². The number of rotatable bonds is 5. The summed E-state index contributed by atoms with van der Waals surface area (Å²) in [7, 11) is 0. The van der Waals surface area contributed by atoms with E-state index in [1.165, 1.54) is 17.9 Å². The average Bonchev–Trinajstić information content (AvgIpc) is 3.04. The van der Waals surface area contributed by atoms with Gasteiger partial charge in [-0.15, -0.1) is 10.2 Å². The molecule has 3 rings (SSSR count). The molecule has 0 bridgehead atoms. The average molecular weight is 262 g/mol. The van der Waals surface area contributed by atoms with Crippen LogP contribution in [0.4, 0.5) is 0 Å². The Kier molecular flexibility index (Phi) is 3.81. The lowest BCUT2D eigenvalue weighted by Gasteiger charge is -2.10. The molecule has 5 heteroatoms. The fourth-order valence-electron chi connectivity index (χ4n) is 2.31. The van der Waals surface area contributed by atoms with Crippen LogP contribution in [0.2, 0.25) is 0 Å². The van der Waals surface area contributed by atoms with Gasteiger partial charge in [0.1, 0.15) is 5.82 Å². The van der Waals surface area contributed by atoms with Gasteiger partial charge in [0.25, 0.3) is 0 Å². The van der Waals surface area contributed by atoms with E-state index in [2.05, 4.69) is 31.7 Å². The van der Waals surface area contributed by atoms with Crippen molar-refractivity contribution in [2.45, 2.75) is 25.3 Å². The number of nitrogens with one attached hydrogen (secondary N) is 1. The highest BCUT2D eigenvalue weighted by Crippen LogP contribution is 2.16. The van der Waals surface area contributed by atoms with Crippen LogP contribution in [0.15, 0.2) is 24.4 Å². The minimum absolute atomic E-state index is 0.727. The number of hydrogen-bond donors (Lipinski definition) is 1. The number of aromatic nitrogens is 3. The third kappa shape index (κ3) is 2.67. The van der Waals surface area contributed by atoms with Gasteiger partial charge in [0, 0.05) is 24.4 Å². The Labute approximate surface area is 111 Å². The van der Waals surface area contributed by atoms with Gasteiger partial charge in [-0.2, -0.15) is 11.8 Å². The quantitative estimate of drug-likeness (QED) is 0.834. The molecule has 0 saturated carbocycles. The topological polar surface area (TPSA) is 42.2 Å². The molecule has 18 heavy (non-hydrogen) atoms. The van der Waals surface area contributed by atoms with E-state index in [-0.39, 0.29) is 0 Å². The molecule has 0 amide bonds. The normalized spacial score (nSPS) is 19.7. The molecule has 1 aliphatic heterocycles. The second-order valence-electron chi connectivity index (χ2n) is 4.66. The van der Waals surface area contributed by atoms with Crippen LogP contribution in [-0.2, 0) is 6.42 Å². The van der Waals surface area contributed by atoms with Gasteiger partial charge in [-0.05, 0) is 37.3 Å². The molecule has 2 aromatic rings. The zero-order valence-corrected chi connectivity index (χ0v) is 11.2. The summed E-state index contributed by atoms with van der Waals surface area (Å²) in [6, 6.07) is 6.73. The second-order valence-corrected chi connectivity index (χ2v) is 5.81. The molecule has 0 aliphatic carbocycles. The Morgan fingerprint density at radius 2 is 2.39 bits per heavy atom. The highest BCUT2D eigenvalue weighted by atomic mass is 32.2. The van der Waals surface area contributed by atoms with E-state index in [4.69, 9.17) is 0 Å². The second kappa shape index (κ2) is 5.71. The lowest BCUT2D eigenvalue weighted by Crippen LogP contribution is -2.29. The fourth-order valence-corrected chi connectivity index (χ4v) is 3.50. The van der Waals surface area contributed by atoms with Crippen LogP contribution in [0.1, 0.15) is 18.7 Å². The van der Waals surface area contributed by atoms with Gasteiger partial charge in [-0.25, -0.2) is 0 Å². The van der Waals surface area contributed by atoms with Crippen molar-refractivity contribution in [2.24, 2.45) is 0 Å². The third-order valence-corrected chi connectivity index (χ3v) is 4.49. The van der Waals surface area contributed by atoms with E-state index >= 15 is 0 Å².